The Kier molecular flexibility index (Phi) is 10.8. The molecule has 0 saturated heterocycles. The summed E-state index contributed by atoms with van der Waals surface area (Å²) in [4.78, 5) is 0. The Bertz CT molecular complexity index is 169. The number of unbranched alkanes of at least 4 members (excludes halogenated alkanes) is 4. The van der Waals surface area contributed by atoms with Crippen molar-refractivity contribution in [3.63, 3.8) is 0 Å². The third kappa shape index (κ3) is 8.51. The SMILES string of the molecule is CCCCCCCNC[C@H](O)[C@H](O)[C@H](O)CO. The van der Waals surface area contributed by atoms with E-state index in [-0.39, 0.29) is 6.54 Å². The van der Waals surface area contributed by atoms with Gasteiger partial charge in [0.05, 0.1) is 12.7 Å². The largest absolute Gasteiger partial charge is 0.394 e. The number of hydrogen-bond donors (Lipinski definition) is 5. The molecule has 0 saturated carbocycles. The Labute approximate surface area is 103 Å². The average Bonchev–Trinajstić information content (AvgIpc) is 2.35. The van der Waals surface area contributed by atoms with Gasteiger partial charge in [0, 0.05) is 6.54 Å². The van der Waals surface area contributed by atoms with Crippen molar-refractivity contribution in [2.24, 2.45) is 0 Å². The Balaban J connectivity index is 3.41. The summed E-state index contributed by atoms with van der Waals surface area (Å²) in [5.41, 5.74) is 0. The molecule has 5 nitrogen and oxygen atoms in total. The molecule has 104 valence electrons. The topological polar surface area (TPSA) is 93.0 Å². The zero-order valence-electron chi connectivity index (χ0n) is 10.7. The minimum atomic E-state index is -1.30. The van der Waals surface area contributed by atoms with E-state index in [1.165, 1.54) is 25.7 Å². The third-order valence-corrected chi connectivity index (χ3v) is 2.79. The maximum Gasteiger partial charge on any atom is 0.109 e. The number of aliphatic hydroxyl groups is 4. The van der Waals surface area contributed by atoms with Crippen molar-refractivity contribution in [2.45, 2.75) is 57.3 Å². The van der Waals surface area contributed by atoms with Crippen LogP contribution in [0.4, 0.5) is 0 Å². The summed E-state index contributed by atoms with van der Waals surface area (Å²) in [5, 5.41) is 39.6. The molecule has 0 bridgehead atoms. The van der Waals surface area contributed by atoms with E-state index < -0.39 is 24.9 Å². The summed E-state index contributed by atoms with van der Waals surface area (Å²) in [6.45, 7) is 2.65. The van der Waals surface area contributed by atoms with Crippen LogP contribution in [0, 0.1) is 0 Å². The molecule has 5 heteroatoms. The predicted molar refractivity (Wildman–Crippen MR) is 66.7 cm³/mol. The minimum Gasteiger partial charge on any atom is -0.394 e. The second-order valence-electron chi connectivity index (χ2n) is 4.43. The fraction of sp³-hybridized carbons (Fsp3) is 1.00. The van der Waals surface area contributed by atoms with Gasteiger partial charge < -0.3 is 25.7 Å². The molecule has 0 aliphatic rings. The van der Waals surface area contributed by atoms with Crippen LogP contribution in [0.3, 0.4) is 0 Å². The lowest BCUT2D eigenvalue weighted by Gasteiger charge is -2.21. The standard InChI is InChI=1S/C12H27NO4/c1-2-3-4-5-6-7-13-8-10(15)12(17)11(16)9-14/h10-17H,2-9H2,1H3/t10-,11+,12-/m0/s1. The van der Waals surface area contributed by atoms with Gasteiger partial charge in [-0.2, -0.15) is 0 Å². The number of hydrogen-bond acceptors (Lipinski definition) is 5. The molecule has 0 aromatic carbocycles. The van der Waals surface area contributed by atoms with Crippen LogP contribution >= 0.6 is 0 Å². The second-order valence-corrected chi connectivity index (χ2v) is 4.43. The summed E-state index contributed by atoms with van der Waals surface area (Å²) >= 11 is 0. The van der Waals surface area contributed by atoms with Crippen LogP contribution in [0.25, 0.3) is 0 Å². The Morgan fingerprint density at radius 3 is 2.18 bits per heavy atom. The van der Waals surface area contributed by atoms with Gasteiger partial charge in [0.15, 0.2) is 0 Å². The van der Waals surface area contributed by atoms with E-state index in [0.29, 0.717) is 0 Å². The van der Waals surface area contributed by atoms with Crippen LogP contribution in [0.5, 0.6) is 0 Å². The van der Waals surface area contributed by atoms with E-state index in [2.05, 4.69) is 12.2 Å². The highest BCUT2D eigenvalue weighted by Crippen LogP contribution is 2.02. The van der Waals surface area contributed by atoms with Gasteiger partial charge in [-0.25, -0.2) is 0 Å². The zero-order valence-corrected chi connectivity index (χ0v) is 10.7. The average molecular weight is 249 g/mol. The maximum atomic E-state index is 9.48. The second kappa shape index (κ2) is 10.9. The van der Waals surface area contributed by atoms with Crippen molar-refractivity contribution in [3.8, 4) is 0 Å². The summed E-state index contributed by atoms with van der Waals surface area (Å²) in [6.07, 6.45) is 2.29. The molecule has 0 heterocycles. The summed E-state index contributed by atoms with van der Waals surface area (Å²) < 4.78 is 0. The molecule has 0 aromatic rings. The zero-order chi connectivity index (χ0) is 13.1. The quantitative estimate of drug-likeness (QED) is 0.322. The van der Waals surface area contributed by atoms with Gasteiger partial charge in [-0.3, -0.25) is 0 Å². The third-order valence-electron chi connectivity index (χ3n) is 2.79. The first-order valence-corrected chi connectivity index (χ1v) is 6.49. The lowest BCUT2D eigenvalue weighted by molar-refractivity contribution is -0.0749. The molecule has 17 heavy (non-hydrogen) atoms. The first-order valence-electron chi connectivity index (χ1n) is 6.49. The maximum absolute atomic E-state index is 9.48. The highest BCUT2D eigenvalue weighted by Gasteiger charge is 2.23. The van der Waals surface area contributed by atoms with Crippen molar-refractivity contribution < 1.29 is 20.4 Å². The number of aliphatic hydroxyl groups excluding tert-OH is 4. The minimum absolute atomic E-state index is 0.228. The molecule has 5 N–H and O–H groups in total. The Morgan fingerprint density at radius 1 is 0.941 bits per heavy atom. The van der Waals surface area contributed by atoms with E-state index in [1.54, 1.807) is 0 Å². The van der Waals surface area contributed by atoms with E-state index in [9.17, 15) is 10.2 Å². The van der Waals surface area contributed by atoms with Crippen LogP contribution in [0.15, 0.2) is 0 Å². The van der Waals surface area contributed by atoms with E-state index >= 15 is 0 Å². The number of rotatable bonds is 11. The van der Waals surface area contributed by atoms with Crippen LogP contribution in [-0.2, 0) is 0 Å². The molecule has 0 unspecified atom stereocenters. The summed E-state index contributed by atoms with van der Waals surface area (Å²) in [6, 6.07) is 0. The first-order chi connectivity index (χ1) is 8.13. The Hall–Kier alpha value is -0.200. The Morgan fingerprint density at radius 2 is 1.59 bits per heavy atom. The van der Waals surface area contributed by atoms with Crippen molar-refractivity contribution in [2.75, 3.05) is 19.7 Å². The van der Waals surface area contributed by atoms with E-state index in [0.717, 1.165) is 13.0 Å². The highest BCUT2D eigenvalue weighted by atomic mass is 16.4. The van der Waals surface area contributed by atoms with Crippen molar-refractivity contribution >= 4 is 0 Å². The molecule has 0 amide bonds. The monoisotopic (exact) mass is 249 g/mol. The molecule has 0 aromatic heterocycles. The van der Waals surface area contributed by atoms with E-state index in [1.807, 2.05) is 0 Å². The van der Waals surface area contributed by atoms with Gasteiger partial charge in [0.2, 0.25) is 0 Å². The van der Waals surface area contributed by atoms with Gasteiger partial charge in [-0.15, -0.1) is 0 Å². The van der Waals surface area contributed by atoms with Crippen LogP contribution in [-0.4, -0.2) is 58.4 Å². The van der Waals surface area contributed by atoms with Gasteiger partial charge in [0.1, 0.15) is 12.2 Å². The van der Waals surface area contributed by atoms with E-state index in [4.69, 9.17) is 10.2 Å². The van der Waals surface area contributed by atoms with Crippen LogP contribution in [0.1, 0.15) is 39.0 Å². The molecule has 0 aliphatic heterocycles. The molecular weight excluding hydrogens is 222 g/mol. The van der Waals surface area contributed by atoms with Crippen molar-refractivity contribution in [3.05, 3.63) is 0 Å². The van der Waals surface area contributed by atoms with Gasteiger partial charge in [-0.05, 0) is 13.0 Å². The van der Waals surface area contributed by atoms with Crippen molar-refractivity contribution in [1.29, 1.82) is 0 Å². The predicted octanol–water partition coefficient (Wildman–Crippen LogP) is -0.379. The molecule has 0 aliphatic carbocycles. The van der Waals surface area contributed by atoms with Gasteiger partial charge >= 0.3 is 0 Å². The molecule has 3 atom stereocenters. The molecule has 0 spiro atoms. The highest BCUT2D eigenvalue weighted by molar-refractivity contribution is 4.76. The van der Waals surface area contributed by atoms with Gasteiger partial charge in [-0.1, -0.05) is 32.6 Å². The number of nitrogens with one attached hydrogen (secondary N) is 1. The molecule has 0 fully saturated rings. The van der Waals surface area contributed by atoms with Crippen LogP contribution < -0.4 is 5.32 Å². The fourth-order valence-electron chi connectivity index (χ4n) is 1.59. The normalized spacial score (nSPS) is 16.8. The summed E-state index contributed by atoms with van der Waals surface area (Å²) in [7, 11) is 0. The van der Waals surface area contributed by atoms with Crippen molar-refractivity contribution in [1.82, 2.24) is 5.32 Å². The van der Waals surface area contributed by atoms with Gasteiger partial charge in [0.25, 0.3) is 0 Å². The fourth-order valence-corrected chi connectivity index (χ4v) is 1.59. The molecular formula is C12H27NO4. The molecule has 0 radical (unpaired) electrons. The first kappa shape index (κ1) is 16.8. The lowest BCUT2D eigenvalue weighted by atomic mass is 10.1. The smallest absolute Gasteiger partial charge is 0.109 e. The molecule has 0 rings (SSSR count). The summed E-state index contributed by atoms with van der Waals surface area (Å²) in [5.74, 6) is 0. The van der Waals surface area contributed by atoms with Crippen LogP contribution in [0.2, 0.25) is 0 Å². The lowest BCUT2D eigenvalue weighted by Crippen LogP contribution is -2.44.